The number of allylic oxidation sites excluding steroid dienone is 1. The summed E-state index contributed by atoms with van der Waals surface area (Å²) in [6.45, 7) is 3.23. The highest BCUT2D eigenvalue weighted by Crippen LogP contribution is 2.26. The second-order valence-corrected chi connectivity index (χ2v) is 3.23. The van der Waals surface area contributed by atoms with Crippen LogP contribution in [0.5, 0.6) is 0 Å². The molecule has 0 spiro atoms. The maximum Gasteiger partial charge on any atom is 0.329 e. The summed E-state index contributed by atoms with van der Waals surface area (Å²) in [5.41, 5.74) is 0.593. The average molecular weight is 188 g/mol. The minimum atomic E-state index is -1.03. The average Bonchev–Trinajstić information content (AvgIpc) is 2.07. The highest BCUT2D eigenvalue weighted by Gasteiger charge is 2.25. The molecule has 0 saturated heterocycles. The summed E-state index contributed by atoms with van der Waals surface area (Å²) in [7, 11) is 0. The maximum absolute atomic E-state index is 13.0. The van der Waals surface area contributed by atoms with Gasteiger partial charge in [0, 0.05) is 6.42 Å². The number of halogens is 1. The van der Waals surface area contributed by atoms with Gasteiger partial charge in [0.2, 0.25) is 0 Å². The molecule has 0 aliphatic heterocycles. The largest absolute Gasteiger partial charge is 0.480 e. The first-order valence-corrected chi connectivity index (χ1v) is 4.24. The number of carbonyl (C=O) groups is 1. The van der Waals surface area contributed by atoms with Crippen molar-refractivity contribution in [1.82, 2.24) is 0 Å². The van der Waals surface area contributed by atoms with Crippen LogP contribution in [0, 0.1) is 0 Å². The van der Waals surface area contributed by atoms with Crippen LogP contribution in [0.25, 0.3) is 0 Å². The molecule has 1 saturated carbocycles. The third-order valence-electron chi connectivity index (χ3n) is 2.14. The van der Waals surface area contributed by atoms with E-state index < -0.39 is 12.1 Å². The zero-order valence-electron chi connectivity index (χ0n) is 7.33. The topological polar surface area (TPSA) is 46.5 Å². The van der Waals surface area contributed by atoms with Crippen LogP contribution < -0.4 is 0 Å². The number of alkyl halides is 1. The zero-order chi connectivity index (χ0) is 9.84. The summed E-state index contributed by atoms with van der Waals surface area (Å²) in [4.78, 5) is 10.2. The number of hydrogen-bond acceptors (Lipinski definition) is 2. The van der Waals surface area contributed by atoms with Gasteiger partial charge in [-0.3, -0.25) is 0 Å². The molecule has 1 rings (SSSR count). The molecule has 4 heteroatoms. The molecule has 0 aromatic rings. The molecule has 0 aromatic carbocycles. The number of carboxylic acids is 1. The molecular weight excluding hydrogens is 175 g/mol. The maximum atomic E-state index is 13.0. The molecule has 0 amide bonds. The fourth-order valence-electron chi connectivity index (χ4n) is 1.36. The Balaban J connectivity index is 2.29. The predicted molar refractivity (Wildman–Crippen MR) is 45.3 cm³/mol. The molecule has 1 aliphatic carbocycles. The smallest absolute Gasteiger partial charge is 0.329 e. The Morgan fingerprint density at radius 3 is 3.00 bits per heavy atom. The van der Waals surface area contributed by atoms with Gasteiger partial charge in [-0.05, 0) is 18.4 Å². The Bertz CT molecular complexity index is 215. The van der Waals surface area contributed by atoms with Crippen LogP contribution in [-0.2, 0) is 9.53 Å². The van der Waals surface area contributed by atoms with Crippen molar-refractivity contribution in [2.75, 3.05) is 6.61 Å². The van der Waals surface area contributed by atoms with Gasteiger partial charge in [0.15, 0.2) is 0 Å². The van der Waals surface area contributed by atoms with E-state index in [0.29, 0.717) is 18.4 Å². The van der Waals surface area contributed by atoms with E-state index in [1.165, 1.54) is 0 Å². The van der Waals surface area contributed by atoms with Gasteiger partial charge in [-0.25, -0.2) is 9.18 Å². The van der Waals surface area contributed by atoms with Gasteiger partial charge in [-0.1, -0.05) is 6.58 Å². The molecule has 0 bridgehead atoms. The van der Waals surface area contributed by atoms with Crippen molar-refractivity contribution in [2.24, 2.45) is 0 Å². The van der Waals surface area contributed by atoms with E-state index in [2.05, 4.69) is 6.58 Å². The molecule has 1 fully saturated rings. The summed E-state index contributed by atoms with van der Waals surface area (Å²) < 4.78 is 18.0. The van der Waals surface area contributed by atoms with Gasteiger partial charge in [0.25, 0.3) is 0 Å². The Morgan fingerprint density at radius 1 is 1.77 bits per heavy atom. The zero-order valence-corrected chi connectivity index (χ0v) is 7.33. The molecule has 3 nitrogen and oxygen atoms in total. The number of hydrogen-bond donors (Lipinski definition) is 1. The molecule has 0 heterocycles. The van der Waals surface area contributed by atoms with Gasteiger partial charge in [0.1, 0.15) is 12.8 Å². The third-order valence-corrected chi connectivity index (χ3v) is 2.14. The normalized spacial score (nSPS) is 28.8. The SMILES string of the molecule is C=C1CCC(OCC(=O)O)CC1F. The lowest BCUT2D eigenvalue weighted by atomic mass is 9.92. The molecule has 2 atom stereocenters. The number of aliphatic carboxylic acids is 1. The van der Waals surface area contributed by atoms with E-state index in [0.717, 1.165) is 0 Å². The van der Waals surface area contributed by atoms with Crippen molar-refractivity contribution in [1.29, 1.82) is 0 Å². The minimum absolute atomic E-state index is 0.242. The molecular formula is C9H13FO3. The Kier molecular flexibility index (Phi) is 3.42. The van der Waals surface area contributed by atoms with Crippen molar-refractivity contribution >= 4 is 5.97 Å². The quantitative estimate of drug-likeness (QED) is 0.683. The standard InChI is InChI=1S/C9H13FO3/c1-6-2-3-7(4-8(6)10)13-5-9(11)12/h7-8H,1-5H2,(H,11,12). The first-order valence-electron chi connectivity index (χ1n) is 4.24. The highest BCUT2D eigenvalue weighted by atomic mass is 19.1. The van der Waals surface area contributed by atoms with Crippen LogP contribution in [0.3, 0.4) is 0 Å². The second-order valence-electron chi connectivity index (χ2n) is 3.23. The van der Waals surface area contributed by atoms with Crippen LogP contribution >= 0.6 is 0 Å². The van der Waals surface area contributed by atoms with Gasteiger partial charge in [-0.2, -0.15) is 0 Å². The Hall–Kier alpha value is -0.900. The van der Waals surface area contributed by atoms with Crippen molar-refractivity contribution in [3.8, 4) is 0 Å². The van der Waals surface area contributed by atoms with E-state index in [4.69, 9.17) is 9.84 Å². The summed E-state index contributed by atoms with van der Waals surface area (Å²) in [5.74, 6) is -1.01. The molecule has 1 aliphatic rings. The van der Waals surface area contributed by atoms with Crippen LogP contribution in [-0.4, -0.2) is 30.0 Å². The fourth-order valence-corrected chi connectivity index (χ4v) is 1.36. The summed E-state index contributed by atoms with van der Waals surface area (Å²) >= 11 is 0. The van der Waals surface area contributed by atoms with Gasteiger partial charge >= 0.3 is 5.97 Å². The van der Waals surface area contributed by atoms with Gasteiger partial charge < -0.3 is 9.84 Å². The van der Waals surface area contributed by atoms with E-state index in [1.807, 2.05) is 0 Å². The summed E-state index contributed by atoms with van der Waals surface area (Å²) in [5, 5.41) is 8.33. The van der Waals surface area contributed by atoms with Crippen LogP contribution in [0.1, 0.15) is 19.3 Å². The molecule has 0 radical (unpaired) electrons. The number of rotatable bonds is 3. The Labute approximate surface area is 76.2 Å². The Morgan fingerprint density at radius 2 is 2.46 bits per heavy atom. The van der Waals surface area contributed by atoms with Crippen molar-refractivity contribution in [2.45, 2.75) is 31.5 Å². The predicted octanol–water partition coefficient (Wildman–Crippen LogP) is 1.53. The summed E-state index contributed by atoms with van der Waals surface area (Å²) in [6, 6.07) is 0. The molecule has 0 aromatic heterocycles. The van der Waals surface area contributed by atoms with Crippen molar-refractivity contribution in [3.05, 3.63) is 12.2 Å². The number of carboxylic acid groups (broad SMARTS) is 1. The van der Waals surface area contributed by atoms with Crippen LogP contribution in [0.2, 0.25) is 0 Å². The molecule has 74 valence electrons. The molecule has 1 N–H and O–H groups in total. The lowest BCUT2D eigenvalue weighted by Crippen LogP contribution is -2.27. The lowest BCUT2D eigenvalue weighted by Gasteiger charge is -2.25. The summed E-state index contributed by atoms with van der Waals surface area (Å²) in [6.07, 6.45) is 0.202. The monoisotopic (exact) mass is 188 g/mol. The second kappa shape index (κ2) is 4.37. The van der Waals surface area contributed by atoms with E-state index >= 15 is 0 Å². The molecule has 13 heavy (non-hydrogen) atoms. The van der Waals surface area contributed by atoms with E-state index in [9.17, 15) is 9.18 Å². The van der Waals surface area contributed by atoms with E-state index in [1.54, 1.807) is 0 Å². The highest BCUT2D eigenvalue weighted by molar-refractivity contribution is 5.68. The van der Waals surface area contributed by atoms with Crippen LogP contribution in [0.4, 0.5) is 4.39 Å². The van der Waals surface area contributed by atoms with Crippen molar-refractivity contribution < 1.29 is 19.0 Å². The van der Waals surface area contributed by atoms with Gasteiger partial charge in [0.05, 0.1) is 6.10 Å². The number of ether oxygens (including phenoxy) is 1. The van der Waals surface area contributed by atoms with Crippen molar-refractivity contribution in [3.63, 3.8) is 0 Å². The first-order chi connectivity index (χ1) is 6.09. The minimum Gasteiger partial charge on any atom is -0.480 e. The molecule has 2 unspecified atom stereocenters. The van der Waals surface area contributed by atoms with Gasteiger partial charge in [-0.15, -0.1) is 0 Å². The third kappa shape index (κ3) is 3.14. The lowest BCUT2D eigenvalue weighted by molar-refractivity contribution is -0.145. The van der Waals surface area contributed by atoms with E-state index in [-0.39, 0.29) is 19.1 Å². The van der Waals surface area contributed by atoms with Crippen LogP contribution in [0.15, 0.2) is 12.2 Å². The fraction of sp³-hybridized carbons (Fsp3) is 0.667. The first kappa shape index (κ1) is 10.2.